The molecule has 2 saturated carbocycles. The molecule has 0 aromatic rings. The van der Waals surface area contributed by atoms with E-state index in [4.69, 9.17) is 18.9 Å². The van der Waals surface area contributed by atoms with E-state index in [2.05, 4.69) is 62.6 Å². The molecule has 0 radical (unpaired) electrons. The number of methoxy groups -OCH3 is 2. The fourth-order valence-electron chi connectivity index (χ4n) is 9.55. The van der Waals surface area contributed by atoms with Crippen LogP contribution in [0.3, 0.4) is 0 Å². The SMILES string of the molecule is CCNC(=O)C1=C(C)C(C)=C(C(=O)NCC)C2OC3C=C4C(=CC3OC12)C(C)(C)CC41CC(C)(C)C2C=C(OC)C(OC)=CC21. The molecule has 8 heteroatoms. The van der Waals surface area contributed by atoms with E-state index in [1.54, 1.807) is 14.2 Å². The monoisotopic (exact) mass is 618 g/mol. The highest BCUT2D eigenvalue weighted by molar-refractivity contribution is 6.01. The Kier molecular flexibility index (Phi) is 7.80. The minimum Gasteiger partial charge on any atom is -0.493 e. The first kappa shape index (κ1) is 31.9. The molecule has 5 aliphatic carbocycles. The standard InChI is InChI=1S/C37H50N2O6/c1-11-38-33(40)29-19(3)20(4)30(34(41)39-12-2)32-31(29)44-27-14-22-24(16-28(27)45-32)37(18-36(22,7)8)17-35(5,6)21-13-25(42-9)26(43-10)15-23(21)37/h13-16,21,23,27-28,31-32H,11-12,17-18H2,1-10H3,(H,38,40)(H,39,41). The molecule has 0 aromatic carbocycles. The van der Waals surface area contributed by atoms with Gasteiger partial charge in [0.25, 0.3) is 0 Å². The van der Waals surface area contributed by atoms with E-state index < -0.39 is 18.3 Å². The molecule has 1 heterocycles. The molecule has 8 nitrogen and oxygen atoms in total. The van der Waals surface area contributed by atoms with Crippen LogP contribution < -0.4 is 10.6 Å². The van der Waals surface area contributed by atoms with Gasteiger partial charge in [0.2, 0.25) is 11.8 Å². The van der Waals surface area contributed by atoms with Gasteiger partial charge in [-0.1, -0.05) is 27.7 Å². The number of rotatable bonds is 6. The third-order valence-electron chi connectivity index (χ3n) is 11.3. The first-order chi connectivity index (χ1) is 21.2. The maximum absolute atomic E-state index is 13.5. The fraction of sp³-hybridized carbons (Fsp3) is 0.622. The second-order valence-corrected chi connectivity index (χ2v) is 14.9. The van der Waals surface area contributed by atoms with Crippen molar-refractivity contribution in [3.8, 4) is 0 Å². The van der Waals surface area contributed by atoms with E-state index in [-0.39, 0.29) is 46.0 Å². The number of carbonyl (C=O) groups is 2. The largest absolute Gasteiger partial charge is 0.493 e. The maximum atomic E-state index is 13.5. The Bertz CT molecular complexity index is 1510. The van der Waals surface area contributed by atoms with Gasteiger partial charge in [0.05, 0.1) is 25.4 Å². The topological polar surface area (TPSA) is 95.1 Å². The summed E-state index contributed by atoms with van der Waals surface area (Å²) in [6.07, 6.45) is 8.95. The van der Waals surface area contributed by atoms with Crippen molar-refractivity contribution in [2.45, 2.75) is 92.6 Å². The number of likely N-dealkylation sites (N-methyl/N-ethyl adjacent to an activating group) is 2. The summed E-state index contributed by atoms with van der Waals surface area (Å²) in [4.78, 5) is 26.9. The van der Waals surface area contributed by atoms with Gasteiger partial charge in [0, 0.05) is 18.5 Å². The van der Waals surface area contributed by atoms with Crippen LogP contribution in [0, 0.1) is 28.1 Å². The van der Waals surface area contributed by atoms with Crippen molar-refractivity contribution in [3.05, 3.63) is 69.3 Å². The fourth-order valence-corrected chi connectivity index (χ4v) is 9.55. The van der Waals surface area contributed by atoms with Gasteiger partial charge in [-0.25, -0.2) is 0 Å². The summed E-state index contributed by atoms with van der Waals surface area (Å²) >= 11 is 0. The van der Waals surface area contributed by atoms with Crippen LogP contribution in [0.4, 0.5) is 0 Å². The minimum atomic E-state index is -0.703. The van der Waals surface area contributed by atoms with Gasteiger partial charge in [-0.15, -0.1) is 0 Å². The molecule has 1 saturated heterocycles. The summed E-state index contributed by atoms with van der Waals surface area (Å²) in [5.74, 6) is 1.74. The molecule has 7 unspecified atom stereocenters. The first-order valence-electron chi connectivity index (χ1n) is 16.5. The molecule has 2 N–H and O–H groups in total. The van der Waals surface area contributed by atoms with Gasteiger partial charge in [-0.3, -0.25) is 9.59 Å². The predicted molar refractivity (Wildman–Crippen MR) is 173 cm³/mol. The van der Waals surface area contributed by atoms with Crippen LogP contribution in [-0.2, 0) is 28.5 Å². The molecule has 3 fully saturated rings. The van der Waals surface area contributed by atoms with E-state index in [9.17, 15) is 9.59 Å². The second kappa shape index (κ2) is 11.0. The highest BCUT2D eigenvalue weighted by atomic mass is 16.6. The van der Waals surface area contributed by atoms with Crippen LogP contribution >= 0.6 is 0 Å². The smallest absolute Gasteiger partial charge is 0.250 e. The Hall–Kier alpha value is -3.10. The number of carbonyl (C=O) groups excluding carboxylic acids is 2. The van der Waals surface area contributed by atoms with Crippen molar-refractivity contribution < 1.29 is 28.5 Å². The molecule has 6 aliphatic rings. The van der Waals surface area contributed by atoms with E-state index >= 15 is 0 Å². The molecule has 1 aliphatic heterocycles. The van der Waals surface area contributed by atoms with Crippen molar-refractivity contribution in [2.24, 2.45) is 28.1 Å². The zero-order chi connectivity index (χ0) is 32.6. The molecular weight excluding hydrogens is 568 g/mol. The summed E-state index contributed by atoms with van der Waals surface area (Å²) < 4.78 is 25.4. The van der Waals surface area contributed by atoms with Crippen LogP contribution in [0.15, 0.2) is 69.3 Å². The number of hydrogen-bond acceptors (Lipinski definition) is 6. The van der Waals surface area contributed by atoms with Crippen LogP contribution in [0.25, 0.3) is 0 Å². The third-order valence-corrected chi connectivity index (χ3v) is 11.3. The summed E-state index contributed by atoms with van der Waals surface area (Å²) in [6, 6.07) is 0. The van der Waals surface area contributed by atoms with Gasteiger partial charge in [0.1, 0.15) is 24.4 Å². The summed E-state index contributed by atoms with van der Waals surface area (Å²) in [5.41, 5.74) is 5.04. The highest BCUT2D eigenvalue weighted by Crippen LogP contribution is 2.72. The second-order valence-electron chi connectivity index (χ2n) is 14.9. The van der Waals surface area contributed by atoms with Crippen molar-refractivity contribution >= 4 is 11.8 Å². The predicted octanol–water partition coefficient (Wildman–Crippen LogP) is 5.45. The van der Waals surface area contributed by atoms with Crippen LogP contribution in [0.2, 0.25) is 0 Å². The maximum Gasteiger partial charge on any atom is 0.250 e. The molecule has 244 valence electrons. The van der Waals surface area contributed by atoms with Gasteiger partial charge in [-0.2, -0.15) is 0 Å². The van der Waals surface area contributed by atoms with Gasteiger partial charge in [-0.05, 0) is 110 Å². The Labute approximate surface area is 268 Å². The van der Waals surface area contributed by atoms with Crippen molar-refractivity contribution in [1.82, 2.24) is 10.6 Å². The lowest BCUT2D eigenvalue weighted by Gasteiger charge is -2.46. The molecule has 2 amide bonds. The number of amides is 2. The molecule has 0 aromatic heterocycles. The van der Waals surface area contributed by atoms with Gasteiger partial charge < -0.3 is 29.6 Å². The quantitative estimate of drug-likeness (QED) is 0.412. The lowest BCUT2D eigenvalue weighted by atomic mass is 9.68. The number of ether oxygens (including phenoxy) is 4. The van der Waals surface area contributed by atoms with Crippen LogP contribution in [0.1, 0.15) is 68.2 Å². The molecule has 6 rings (SSSR count). The van der Waals surface area contributed by atoms with Crippen LogP contribution in [0.5, 0.6) is 0 Å². The average Bonchev–Trinajstić information content (AvgIpc) is 3.33. The number of allylic oxidation sites excluding steroid dienone is 6. The number of hydrogen-bond donors (Lipinski definition) is 2. The Morgan fingerprint density at radius 1 is 0.756 bits per heavy atom. The van der Waals surface area contributed by atoms with E-state index in [0.29, 0.717) is 24.2 Å². The minimum absolute atomic E-state index is 0.0287. The Morgan fingerprint density at radius 3 is 1.69 bits per heavy atom. The normalized spacial score (nSPS) is 35.7. The zero-order valence-corrected chi connectivity index (χ0v) is 28.6. The number of fused-ring (bicyclic) bond motifs is 6. The molecule has 45 heavy (non-hydrogen) atoms. The van der Waals surface area contributed by atoms with Crippen molar-refractivity contribution in [1.29, 1.82) is 0 Å². The average molecular weight is 619 g/mol. The van der Waals surface area contributed by atoms with Gasteiger partial charge in [0.15, 0.2) is 11.5 Å². The molecular formula is C37H50N2O6. The Morgan fingerprint density at radius 2 is 1.22 bits per heavy atom. The van der Waals surface area contributed by atoms with Crippen molar-refractivity contribution in [3.63, 3.8) is 0 Å². The van der Waals surface area contributed by atoms with Gasteiger partial charge >= 0.3 is 0 Å². The lowest BCUT2D eigenvalue weighted by molar-refractivity contribution is -0.173. The summed E-state index contributed by atoms with van der Waals surface area (Å²) in [5, 5.41) is 5.93. The first-order valence-corrected chi connectivity index (χ1v) is 16.5. The summed E-state index contributed by atoms with van der Waals surface area (Å²) in [7, 11) is 3.42. The van der Waals surface area contributed by atoms with E-state index in [1.165, 1.54) is 11.1 Å². The highest BCUT2D eigenvalue weighted by Gasteiger charge is 2.65. The molecule has 0 bridgehead atoms. The Balaban J connectivity index is 1.45. The summed E-state index contributed by atoms with van der Waals surface area (Å²) in [6.45, 7) is 18.0. The number of nitrogens with one attached hydrogen (secondary N) is 2. The van der Waals surface area contributed by atoms with E-state index in [0.717, 1.165) is 35.5 Å². The molecule has 1 spiro atoms. The molecule has 7 atom stereocenters. The third kappa shape index (κ3) is 4.69. The van der Waals surface area contributed by atoms with E-state index in [1.807, 2.05) is 27.7 Å². The van der Waals surface area contributed by atoms with Crippen LogP contribution in [-0.4, -0.2) is 63.5 Å². The zero-order valence-electron chi connectivity index (χ0n) is 28.6. The van der Waals surface area contributed by atoms with Crippen molar-refractivity contribution in [2.75, 3.05) is 27.3 Å². The lowest BCUT2D eigenvalue weighted by Crippen LogP contribution is -2.55.